The minimum absolute atomic E-state index is 0.475. The van der Waals surface area contributed by atoms with Crippen LogP contribution in [0.2, 0.25) is 0 Å². The molecule has 2 nitrogen and oxygen atoms in total. The highest BCUT2D eigenvalue weighted by Crippen LogP contribution is 2.11. The van der Waals surface area contributed by atoms with Crippen molar-refractivity contribution in [3.63, 3.8) is 0 Å². The van der Waals surface area contributed by atoms with Crippen LogP contribution in [0.3, 0.4) is 0 Å². The first kappa shape index (κ1) is 9.29. The van der Waals surface area contributed by atoms with Gasteiger partial charge in [0.05, 0.1) is 16.2 Å². The predicted octanol–water partition coefficient (Wildman–Crippen LogP) is 1.57. The monoisotopic (exact) mass is 181 g/mol. The SMILES string of the molecule is CC(C)(O)C(=S)c1ccccn1. The molecule has 0 aliphatic carbocycles. The quantitative estimate of drug-likeness (QED) is 0.555. The zero-order chi connectivity index (χ0) is 9.19. The Kier molecular flexibility index (Phi) is 2.55. The van der Waals surface area contributed by atoms with Crippen molar-refractivity contribution in [2.75, 3.05) is 0 Å². The lowest BCUT2D eigenvalue weighted by Crippen LogP contribution is -2.30. The normalized spacial score (nSPS) is 11.2. The largest absolute Gasteiger partial charge is 0.385 e. The van der Waals surface area contributed by atoms with Crippen LogP contribution in [0.15, 0.2) is 24.4 Å². The Bertz CT molecular complexity index is 276. The van der Waals surface area contributed by atoms with Crippen molar-refractivity contribution >= 4 is 17.1 Å². The molecule has 64 valence electrons. The van der Waals surface area contributed by atoms with E-state index >= 15 is 0 Å². The average molecular weight is 181 g/mol. The summed E-state index contributed by atoms with van der Waals surface area (Å²) in [6.45, 7) is 3.31. The average Bonchev–Trinajstić information content (AvgIpc) is 2.03. The van der Waals surface area contributed by atoms with Gasteiger partial charge in [-0.2, -0.15) is 0 Å². The first-order valence-corrected chi connectivity index (χ1v) is 4.11. The Labute approximate surface area is 77.3 Å². The van der Waals surface area contributed by atoms with Gasteiger partial charge in [-0.1, -0.05) is 18.3 Å². The maximum Gasteiger partial charge on any atom is 0.0962 e. The number of rotatable bonds is 2. The van der Waals surface area contributed by atoms with E-state index in [4.69, 9.17) is 12.2 Å². The lowest BCUT2D eigenvalue weighted by atomic mass is 10.0. The molecule has 0 unspecified atom stereocenters. The van der Waals surface area contributed by atoms with Crippen LogP contribution in [0.25, 0.3) is 0 Å². The van der Waals surface area contributed by atoms with Crippen molar-refractivity contribution in [1.82, 2.24) is 4.98 Å². The second-order valence-electron chi connectivity index (χ2n) is 3.10. The molecule has 0 spiro atoms. The van der Waals surface area contributed by atoms with Gasteiger partial charge in [-0.25, -0.2) is 0 Å². The zero-order valence-electron chi connectivity index (χ0n) is 7.11. The summed E-state index contributed by atoms with van der Waals surface area (Å²) in [5.74, 6) is 0. The third-order valence-corrected chi connectivity index (χ3v) is 2.16. The Balaban J connectivity index is 2.94. The van der Waals surface area contributed by atoms with Crippen molar-refractivity contribution in [2.45, 2.75) is 19.4 Å². The van der Waals surface area contributed by atoms with Gasteiger partial charge in [0.1, 0.15) is 0 Å². The van der Waals surface area contributed by atoms with E-state index in [1.54, 1.807) is 26.1 Å². The van der Waals surface area contributed by atoms with Crippen LogP contribution in [0.1, 0.15) is 19.5 Å². The summed E-state index contributed by atoms with van der Waals surface area (Å²) < 4.78 is 0. The molecule has 0 fully saturated rings. The highest BCUT2D eigenvalue weighted by Gasteiger charge is 2.21. The molecule has 0 amide bonds. The van der Waals surface area contributed by atoms with Crippen LogP contribution >= 0.6 is 12.2 Å². The van der Waals surface area contributed by atoms with E-state index in [2.05, 4.69) is 4.98 Å². The van der Waals surface area contributed by atoms with Gasteiger partial charge in [0, 0.05) is 6.20 Å². The molecule has 3 heteroatoms. The van der Waals surface area contributed by atoms with Gasteiger partial charge in [-0.05, 0) is 26.0 Å². The highest BCUT2D eigenvalue weighted by atomic mass is 32.1. The molecule has 0 saturated heterocycles. The number of thiocarbonyl (C=S) groups is 1. The fraction of sp³-hybridized carbons (Fsp3) is 0.333. The Morgan fingerprint density at radius 2 is 2.17 bits per heavy atom. The van der Waals surface area contributed by atoms with Crippen LogP contribution < -0.4 is 0 Å². The minimum atomic E-state index is -0.969. The molecular formula is C9H11NOS. The predicted molar refractivity (Wildman–Crippen MR) is 52.2 cm³/mol. The molecule has 1 heterocycles. The van der Waals surface area contributed by atoms with E-state index in [1.165, 1.54) is 0 Å². The molecule has 0 aromatic carbocycles. The summed E-state index contributed by atoms with van der Waals surface area (Å²) in [6.07, 6.45) is 1.66. The third kappa shape index (κ3) is 2.09. The molecule has 1 aromatic rings. The summed E-state index contributed by atoms with van der Waals surface area (Å²) >= 11 is 5.05. The number of pyridine rings is 1. The number of aliphatic hydroxyl groups is 1. The van der Waals surface area contributed by atoms with Crippen molar-refractivity contribution in [3.05, 3.63) is 30.1 Å². The smallest absolute Gasteiger partial charge is 0.0962 e. The molecule has 0 atom stereocenters. The molecule has 12 heavy (non-hydrogen) atoms. The van der Waals surface area contributed by atoms with Gasteiger partial charge < -0.3 is 5.11 Å². The lowest BCUT2D eigenvalue weighted by molar-refractivity contribution is 0.157. The minimum Gasteiger partial charge on any atom is -0.385 e. The number of hydrogen-bond acceptors (Lipinski definition) is 3. The van der Waals surface area contributed by atoms with E-state index in [0.29, 0.717) is 10.6 Å². The van der Waals surface area contributed by atoms with E-state index < -0.39 is 5.60 Å². The van der Waals surface area contributed by atoms with E-state index in [-0.39, 0.29) is 0 Å². The second-order valence-corrected chi connectivity index (χ2v) is 3.51. The molecular weight excluding hydrogens is 170 g/mol. The van der Waals surface area contributed by atoms with Crippen molar-refractivity contribution in [1.29, 1.82) is 0 Å². The number of nitrogens with zero attached hydrogens (tertiary/aromatic N) is 1. The van der Waals surface area contributed by atoms with Gasteiger partial charge in [0.2, 0.25) is 0 Å². The molecule has 1 N–H and O–H groups in total. The Hall–Kier alpha value is -0.800. The topological polar surface area (TPSA) is 33.1 Å². The van der Waals surface area contributed by atoms with Crippen LogP contribution in [-0.2, 0) is 0 Å². The lowest BCUT2D eigenvalue weighted by Gasteiger charge is -2.17. The van der Waals surface area contributed by atoms with Gasteiger partial charge in [0.15, 0.2) is 0 Å². The van der Waals surface area contributed by atoms with Crippen molar-refractivity contribution in [2.24, 2.45) is 0 Å². The highest BCUT2D eigenvalue weighted by molar-refractivity contribution is 7.81. The van der Waals surface area contributed by atoms with Gasteiger partial charge in [0.25, 0.3) is 0 Å². The molecule has 1 rings (SSSR count). The maximum atomic E-state index is 9.56. The molecule has 0 bridgehead atoms. The van der Waals surface area contributed by atoms with E-state index in [9.17, 15) is 5.11 Å². The Morgan fingerprint density at radius 1 is 1.50 bits per heavy atom. The zero-order valence-corrected chi connectivity index (χ0v) is 7.93. The third-order valence-electron chi connectivity index (χ3n) is 1.45. The Morgan fingerprint density at radius 3 is 2.58 bits per heavy atom. The van der Waals surface area contributed by atoms with Gasteiger partial charge >= 0.3 is 0 Å². The van der Waals surface area contributed by atoms with Crippen LogP contribution in [0.5, 0.6) is 0 Å². The van der Waals surface area contributed by atoms with Gasteiger partial charge in [-0.3, -0.25) is 4.98 Å². The summed E-state index contributed by atoms with van der Waals surface area (Å²) in [5.41, 5.74) is -0.302. The summed E-state index contributed by atoms with van der Waals surface area (Å²) in [5, 5.41) is 9.56. The molecule has 1 aromatic heterocycles. The number of aromatic nitrogens is 1. The fourth-order valence-electron chi connectivity index (χ4n) is 0.810. The van der Waals surface area contributed by atoms with Crippen LogP contribution in [0.4, 0.5) is 0 Å². The second kappa shape index (κ2) is 3.29. The molecule has 0 radical (unpaired) electrons. The van der Waals surface area contributed by atoms with Crippen LogP contribution in [-0.4, -0.2) is 20.6 Å². The fourth-order valence-corrected chi connectivity index (χ4v) is 0.931. The maximum absolute atomic E-state index is 9.56. The standard InChI is InChI=1S/C9H11NOS/c1-9(2,11)8(12)7-5-3-4-6-10-7/h3-6,11H,1-2H3. The molecule has 0 aliphatic rings. The summed E-state index contributed by atoms with van der Waals surface area (Å²) in [7, 11) is 0. The number of hydrogen-bond donors (Lipinski definition) is 1. The first-order valence-electron chi connectivity index (χ1n) is 3.70. The molecule has 0 saturated carbocycles. The van der Waals surface area contributed by atoms with E-state index in [1.807, 2.05) is 12.1 Å². The van der Waals surface area contributed by atoms with E-state index in [0.717, 1.165) is 0 Å². The van der Waals surface area contributed by atoms with Gasteiger partial charge in [-0.15, -0.1) is 0 Å². The first-order chi connectivity index (χ1) is 5.52. The van der Waals surface area contributed by atoms with Crippen molar-refractivity contribution < 1.29 is 5.11 Å². The summed E-state index contributed by atoms with van der Waals surface area (Å²) in [6, 6.07) is 5.46. The van der Waals surface area contributed by atoms with Crippen LogP contribution in [0, 0.1) is 0 Å². The molecule has 0 aliphatic heterocycles. The summed E-state index contributed by atoms with van der Waals surface area (Å²) in [4.78, 5) is 4.52. The van der Waals surface area contributed by atoms with Crippen molar-refractivity contribution in [3.8, 4) is 0 Å².